The van der Waals surface area contributed by atoms with Crippen molar-refractivity contribution in [2.24, 2.45) is 5.92 Å². The smallest absolute Gasteiger partial charge is 0.246 e. The predicted octanol–water partition coefficient (Wildman–Crippen LogP) is 0.212. The largest absolute Gasteiger partial charge is 0.497 e. The molecule has 162 valence electrons. The van der Waals surface area contributed by atoms with Crippen molar-refractivity contribution in [3.63, 3.8) is 0 Å². The van der Waals surface area contributed by atoms with E-state index in [1.807, 2.05) is 24.3 Å². The maximum Gasteiger partial charge on any atom is 0.246 e. The van der Waals surface area contributed by atoms with Crippen LogP contribution in [0.4, 0.5) is 0 Å². The molecule has 4 rings (SSSR count). The quantitative estimate of drug-likeness (QED) is 0.640. The highest BCUT2D eigenvalue weighted by Gasteiger charge is 2.44. The van der Waals surface area contributed by atoms with Crippen LogP contribution >= 0.6 is 0 Å². The Hall–Kier alpha value is -2.61. The van der Waals surface area contributed by atoms with E-state index in [9.17, 15) is 14.4 Å². The third-order valence-electron chi connectivity index (χ3n) is 6.46. The SMILES string of the molecule is COc1ccc(C[C@H]2NC(=O)[C@@H]3C[C@@H](NC(=O)C4CCNCC4)CCN3C2=O)cc1. The van der Waals surface area contributed by atoms with Gasteiger partial charge in [-0.25, -0.2) is 0 Å². The summed E-state index contributed by atoms with van der Waals surface area (Å²) >= 11 is 0. The van der Waals surface area contributed by atoms with E-state index in [0.29, 0.717) is 25.8 Å². The summed E-state index contributed by atoms with van der Waals surface area (Å²) in [6.45, 7) is 2.23. The van der Waals surface area contributed by atoms with Gasteiger partial charge in [0.15, 0.2) is 0 Å². The van der Waals surface area contributed by atoms with Gasteiger partial charge in [0, 0.05) is 24.9 Å². The molecule has 8 heteroatoms. The van der Waals surface area contributed by atoms with Crippen molar-refractivity contribution in [1.29, 1.82) is 0 Å². The molecular weight excluding hydrogens is 384 g/mol. The van der Waals surface area contributed by atoms with E-state index in [4.69, 9.17) is 4.74 Å². The first-order chi connectivity index (χ1) is 14.5. The van der Waals surface area contributed by atoms with Crippen LogP contribution in [-0.2, 0) is 20.8 Å². The minimum atomic E-state index is -0.553. The number of nitrogens with zero attached hydrogens (tertiary/aromatic N) is 1. The van der Waals surface area contributed by atoms with Crippen LogP contribution in [-0.4, -0.2) is 67.5 Å². The third-order valence-corrected chi connectivity index (χ3v) is 6.46. The second-order valence-corrected chi connectivity index (χ2v) is 8.41. The molecule has 0 aliphatic carbocycles. The number of piperidine rings is 2. The highest BCUT2D eigenvalue weighted by Crippen LogP contribution is 2.24. The van der Waals surface area contributed by atoms with Gasteiger partial charge in [0.2, 0.25) is 17.7 Å². The van der Waals surface area contributed by atoms with Crippen molar-refractivity contribution in [2.45, 2.75) is 50.2 Å². The number of benzene rings is 1. The van der Waals surface area contributed by atoms with Crippen LogP contribution in [0, 0.1) is 5.92 Å². The summed E-state index contributed by atoms with van der Waals surface area (Å²) in [5.74, 6) is 0.703. The van der Waals surface area contributed by atoms with Crippen LogP contribution in [0.2, 0.25) is 0 Å². The number of methoxy groups -OCH3 is 1. The molecule has 30 heavy (non-hydrogen) atoms. The Balaban J connectivity index is 1.35. The summed E-state index contributed by atoms with van der Waals surface area (Å²) in [6.07, 6.45) is 3.30. The molecule has 3 heterocycles. The van der Waals surface area contributed by atoms with Gasteiger partial charge >= 0.3 is 0 Å². The number of piperazine rings is 1. The topological polar surface area (TPSA) is 99.8 Å². The molecule has 8 nitrogen and oxygen atoms in total. The monoisotopic (exact) mass is 414 g/mol. The predicted molar refractivity (Wildman–Crippen MR) is 111 cm³/mol. The van der Waals surface area contributed by atoms with Crippen LogP contribution in [0.25, 0.3) is 0 Å². The zero-order valence-corrected chi connectivity index (χ0v) is 17.4. The van der Waals surface area contributed by atoms with Gasteiger partial charge in [-0.2, -0.15) is 0 Å². The van der Waals surface area contributed by atoms with E-state index >= 15 is 0 Å². The molecule has 0 spiro atoms. The minimum Gasteiger partial charge on any atom is -0.497 e. The highest BCUT2D eigenvalue weighted by atomic mass is 16.5. The lowest BCUT2D eigenvalue weighted by Gasteiger charge is -2.44. The molecule has 3 atom stereocenters. The maximum absolute atomic E-state index is 13.0. The summed E-state index contributed by atoms with van der Waals surface area (Å²) in [5, 5.41) is 9.28. The number of ether oxygens (including phenoxy) is 1. The molecule has 3 fully saturated rings. The van der Waals surface area contributed by atoms with Crippen molar-refractivity contribution >= 4 is 17.7 Å². The number of hydrogen-bond donors (Lipinski definition) is 3. The number of carbonyl (C=O) groups excluding carboxylic acids is 3. The second-order valence-electron chi connectivity index (χ2n) is 8.41. The first kappa shape index (κ1) is 20.7. The fourth-order valence-corrected chi connectivity index (χ4v) is 4.68. The van der Waals surface area contributed by atoms with Crippen molar-refractivity contribution in [1.82, 2.24) is 20.9 Å². The van der Waals surface area contributed by atoms with Crippen LogP contribution < -0.4 is 20.7 Å². The molecule has 0 radical (unpaired) electrons. The van der Waals surface area contributed by atoms with Gasteiger partial charge in [-0.15, -0.1) is 0 Å². The Morgan fingerprint density at radius 3 is 2.60 bits per heavy atom. The zero-order chi connectivity index (χ0) is 21.1. The van der Waals surface area contributed by atoms with Gasteiger partial charge in [-0.3, -0.25) is 14.4 Å². The summed E-state index contributed by atoms with van der Waals surface area (Å²) < 4.78 is 5.17. The standard InChI is InChI=1S/C22H30N4O4/c1-30-17-4-2-14(3-5-17)12-18-22(29)26-11-8-16(13-19(26)21(28)25-18)24-20(27)15-6-9-23-10-7-15/h2-5,15-16,18-19,23H,6-13H2,1H3,(H,24,27)(H,25,28)/t16-,18+,19-/m0/s1. The van der Waals surface area contributed by atoms with Crippen molar-refractivity contribution in [2.75, 3.05) is 26.7 Å². The average molecular weight is 415 g/mol. The number of fused-ring (bicyclic) bond motifs is 1. The van der Waals surface area contributed by atoms with Crippen molar-refractivity contribution in [3.05, 3.63) is 29.8 Å². The normalized spacial score (nSPS) is 27.2. The molecule has 3 amide bonds. The Labute approximate surface area is 176 Å². The second kappa shape index (κ2) is 9.04. The Kier molecular flexibility index (Phi) is 6.22. The highest BCUT2D eigenvalue weighted by molar-refractivity contribution is 5.97. The molecule has 1 aromatic carbocycles. The van der Waals surface area contributed by atoms with Crippen LogP contribution in [0.1, 0.15) is 31.2 Å². The van der Waals surface area contributed by atoms with Gasteiger partial charge in [0.05, 0.1) is 7.11 Å². The fourth-order valence-electron chi connectivity index (χ4n) is 4.68. The maximum atomic E-state index is 13.0. The molecule has 3 saturated heterocycles. The summed E-state index contributed by atoms with van der Waals surface area (Å²) in [4.78, 5) is 40.0. The molecule has 3 aliphatic rings. The van der Waals surface area contributed by atoms with Gasteiger partial charge in [0.25, 0.3) is 0 Å². The van der Waals surface area contributed by atoms with Crippen molar-refractivity contribution < 1.29 is 19.1 Å². The van der Waals surface area contributed by atoms with Crippen molar-refractivity contribution in [3.8, 4) is 5.75 Å². The van der Waals surface area contributed by atoms with E-state index in [0.717, 1.165) is 37.2 Å². The van der Waals surface area contributed by atoms with Crippen LogP contribution in [0.15, 0.2) is 24.3 Å². The Bertz CT molecular complexity index is 791. The number of hydrogen-bond acceptors (Lipinski definition) is 5. The van der Waals surface area contributed by atoms with E-state index in [2.05, 4.69) is 16.0 Å². The number of amides is 3. The summed E-state index contributed by atoms with van der Waals surface area (Å²) in [7, 11) is 1.61. The number of rotatable bonds is 5. The van der Waals surface area contributed by atoms with Gasteiger partial charge in [-0.1, -0.05) is 12.1 Å². The van der Waals surface area contributed by atoms with Crippen LogP contribution in [0.3, 0.4) is 0 Å². The molecule has 3 N–H and O–H groups in total. The third kappa shape index (κ3) is 4.43. The molecule has 0 aromatic heterocycles. The first-order valence-electron chi connectivity index (χ1n) is 10.8. The summed E-state index contributed by atoms with van der Waals surface area (Å²) in [6, 6.07) is 6.40. The molecule has 0 bridgehead atoms. The van der Waals surface area contributed by atoms with Gasteiger partial charge in [0.1, 0.15) is 17.8 Å². The van der Waals surface area contributed by atoms with E-state index in [1.54, 1.807) is 12.0 Å². The minimum absolute atomic E-state index is 0.0416. The average Bonchev–Trinajstić information content (AvgIpc) is 2.78. The van der Waals surface area contributed by atoms with E-state index in [1.165, 1.54) is 0 Å². The molecule has 0 unspecified atom stereocenters. The fraction of sp³-hybridized carbons (Fsp3) is 0.591. The lowest BCUT2D eigenvalue weighted by Crippen LogP contribution is -2.67. The lowest BCUT2D eigenvalue weighted by molar-refractivity contribution is -0.152. The van der Waals surface area contributed by atoms with Gasteiger partial charge < -0.3 is 25.6 Å². The molecular formula is C22H30N4O4. The van der Waals surface area contributed by atoms with E-state index < -0.39 is 12.1 Å². The zero-order valence-electron chi connectivity index (χ0n) is 17.4. The van der Waals surface area contributed by atoms with E-state index in [-0.39, 0.29) is 29.7 Å². The first-order valence-corrected chi connectivity index (χ1v) is 10.8. The van der Waals surface area contributed by atoms with Crippen LogP contribution in [0.5, 0.6) is 5.75 Å². The summed E-state index contributed by atoms with van der Waals surface area (Å²) in [5.41, 5.74) is 0.969. The molecule has 0 saturated carbocycles. The Morgan fingerprint density at radius 1 is 1.17 bits per heavy atom. The number of carbonyl (C=O) groups is 3. The molecule has 1 aromatic rings. The Morgan fingerprint density at radius 2 is 1.90 bits per heavy atom. The number of nitrogens with one attached hydrogen (secondary N) is 3. The molecule has 3 aliphatic heterocycles. The lowest BCUT2D eigenvalue weighted by atomic mass is 9.90. The van der Waals surface area contributed by atoms with Gasteiger partial charge in [-0.05, 0) is 56.5 Å².